The topological polar surface area (TPSA) is 113 Å². The van der Waals surface area contributed by atoms with E-state index in [0.717, 1.165) is 12.2 Å². The summed E-state index contributed by atoms with van der Waals surface area (Å²) in [5, 5.41) is 8.65. The zero-order valence-electron chi connectivity index (χ0n) is 16.2. The molecule has 0 atom stereocenters. The molecular weight excluding hydrogens is 372 g/mol. The summed E-state index contributed by atoms with van der Waals surface area (Å²) in [7, 11) is -4.67. The van der Waals surface area contributed by atoms with Crippen LogP contribution in [-0.4, -0.2) is 49.1 Å². The van der Waals surface area contributed by atoms with Crippen LogP contribution in [0.2, 0.25) is 0 Å². The molecule has 0 amide bonds. The molecule has 3 N–H and O–H groups in total. The highest BCUT2D eigenvalue weighted by atomic mass is 32.3. The van der Waals surface area contributed by atoms with E-state index in [9.17, 15) is 0 Å². The van der Waals surface area contributed by atoms with Gasteiger partial charge in [0.25, 0.3) is 0 Å². The molecule has 1 aromatic carbocycles. The predicted octanol–water partition coefficient (Wildman–Crippen LogP) is 3.71. The number of benzene rings is 1. The highest BCUT2D eigenvalue weighted by Crippen LogP contribution is 2.20. The van der Waals surface area contributed by atoms with Crippen molar-refractivity contribution in [2.24, 2.45) is 0 Å². The molecule has 0 saturated heterocycles. The van der Waals surface area contributed by atoms with Gasteiger partial charge in [-0.05, 0) is 24.5 Å². The minimum Gasteiger partial charge on any atom is -0.491 e. The second kappa shape index (κ2) is 16.9. The Balaban J connectivity index is 0.00000119. The number of ether oxygens (including phenoxy) is 2. The Kier molecular flexibility index (Phi) is 16.2. The molecule has 0 radical (unpaired) electrons. The van der Waals surface area contributed by atoms with Gasteiger partial charge in [-0.2, -0.15) is 8.42 Å². The van der Waals surface area contributed by atoms with Crippen molar-refractivity contribution in [3.8, 4) is 5.75 Å². The standard InChI is InChI=1S/C19H32O3.H2O4S/c1-2-3-4-5-6-7-8-11-18-12-9-10-13-19(18)22-17-16-21-15-14-20;1-5(2,3)4/h9-10,12-13,20H,2-8,11,14-17H2,1H3;(H2,1,2,3,4). The number of rotatable bonds is 14. The van der Waals surface area contributed by atoms with E-state index in [1.165, 1.54) is 50.5 Å². The van der Waals surface area contributed by atoms with Gasteiger partial charge in [0, 0.05) is 0 Å². The van der Waals surface area contributed by atoms with Crippen molar-refractivity contribution in [2.45, 2.75) is 58.3 Å². The highest BCUT2D eigenvalue weighted by Gasteiger charge is 2.03. The van der Waals surface area contributed by atoms with Gasteiger partial charge in [0.1, 0.15) is 12.4 Å². The Morgan fingerprint density at radius 1 is 0.889 bits per heavy atom. The zero-order valence-corrected chi connectivity index (χ0v) is 17.0. The fourth-order valence-corrected chi connectivity index (χ4v) is 2.50. The van der Waals surface area contributed by atoms with E-state index < -0.39 is 10.4 Å². The van der Waals surface area contributed by atoms with Crippen LogP contribution in [0.3, 0.4) is 0 Å². The van der Waals surface area contributed by atoms with Gasteiger partial charge in [0.2, 0.25) is 0 Å². The first kappa shape index (κ1) is 25.8. The van der Waals surface area contributed by atoms with Crippen LogP contribution in [0.5, 0.6) is 5.75 Å². The molecule has 0 aliphatic heterocycles. The number of hydrogen-bond donors (Lipinski definition) is 3. The number of aliphatic hydroxyl groups is 1. The Morgan fingerprint density at radius 3 is 2.11 bits per heavy atom. The van der Waals surface area contributed by atoms with Crippen LogP contribution in [0.15, 0.2) is 24.3 Å². The van der Waals surface area contributed by atoms with E-state index in [1.54, 1.807) is 0 Å². The van der Waals surface area contributed by atoms with Crippen LogP contribution < -0.4 is 4.74 Å². The number of unbranched alkanes of at least 4 members (excludes halogenated alkanes) is 6. The van der Waals surface area contributed by atoms with E-state index in [-0.39, 0.29) is 6.61 Å². The molecule has 158 valence electrons. The summed E-state index contributed by atoms with van der Waals surface area (Å²) in [5.74, 6) is 0.973. The molecule has 0 aliphatic rings. The van der Waals surface area contributed by atoms with Crippen molar-refractivity contribution < 1.29 is 32.1 Å². The summed E-state index contributed by atoms with van der Waals surface area (Å²) in [6.07, 6.45) is 10.4. The lowest BCUT2D eigenvalue weighted by molar-refractivity contribution is 0.0703. The summed E-state index contributed by atoms with van der Waals surface area (Å²) in [4.78, 5) is 0. The molecule has 0 heterocycles. The molecule has 0 aliphatic carbocycles. The lowest BCUT2D eigenvalue weighted by Crippen LogP contribution is -2.10. The SMILES string of the molecule is CCCCCCCCCc1ccccc1OCCOCCO.O=S(=O)(O)O. The lowest BCUT2D eigenvalue weighted by Gasteiger charge is -2.11. The number of aliphatic hydroxyl groups excluding tert-OH is 1. The highest BCUT2D eigenvalue weighted by molar-refractivity contribution is 7.79. The lowest BCUT2D eigenvalue weighted by atomic mass is 10.0. The van der Waals surface area contributed by atoms with Gasteiger partial charge in [0.05, 0.1) is 19.8 Å². The Morgan fingerprint density at radius 2 is 1.48 bits per heavy atom. The quantitative estimate of drug-likeness (QED) is 0.319. The summed E-state index contributed by atoms with van der Waals surface area (Å²) in [6, 6.07) is 8.27. The van der Waals surface area contributed by atoms with E-state index in [0.29, 0.717) is 19.8 Å². The third-order valence-electron chi connectivity index (χ3n) is 3.74. The summed E-state index contributed by atoms with van der Waals surface area (Å²) in [6.45, 7) is 3.75. The average Bonchev–Trinajstić information content (AvgIpc) is 2.60. The normalized spacial score (nSPS) is 11.0. The van der Waals surface area contributed by atoms with Crippen molar-refractivity contribution in [1.29, 1.82) is 0 Å². The maximum absolute atomic E-state index is 8.74. The van der Waals surface area contributed by atoms with E-state index >= 15 is 0 Å². The summed E-state index contributed by atoms with van der Waals surface area (Å²) >= 11 is 0. The third-order valence-corrected chi connectivity index (χ3v) is 3.74. The van der Waals surface area contributed by atoms with Crippen LogP contribution in [0, 0.1) is 0 Å². The van der Waals surface area contributed by atoms with Gasteiger partial charge in [-0.15, -0.1) is 0 Å². The first-order valence-corrected chi connectivity index (χ1v) is 10.9. The van der Waals surface area contributed by atoms with Crippen molar-refractivity contribution in [3.63, 3.8) is 0 Å². The molecule has 0 bridgehead atoms. The van der Waals surface area contributed by atoms with Crippen molar-refractivity contribution in [2.75, 3.05) is 26.4 Å². The van der Waals surface area contributed by atoms with Crippen molar-refractivity contribution in [1.82, 2.24) is 0 Å². The first-order valence-electron chi connectivity index (χ1n) is 9.47. The first-order chi connectivity index (χ1) is 12.9. The molecule has 0 fully saturated rings. The Labute approximate surface area is 163 Å². The molecule has 0 unspecified atom stereocenters. The number of hydrogen-bond acceptors (Lipinski definition) is 5. The molecule has 8 heteroatoms. The van der Waals surface area contributed by atoms with E-state index in [1.807, 2.05) is 12.1 Å². The fraction of sp³-hybridized carbons (Fsp3) is 0.684. The molecule has 1 aromatic rings. The second-order valence-corrected chi connectivity index (χ2v) is 7.01. The Hall–Kier alpha value is -1.19. The fourth-order valence-electron chi connectivity index (χ4n) is 2.50. The van der Waals surface area contributed by atoms with Gasteiger partial charge in [-0.3, -0.25) is 9.11 Å². The molecule has 1 rings (SSSR count). The van der Waals surface area contributed by atoms with Crippen LogP contribution in [-0.2, 0) is 21.6 Å². The third kappa shape index (κ3) is 19.4. The number of aryl methyl sites for hydroxylation is 1. The van der Waals surface area contributed by atoms with Gasteiger partial charge in [-0.25, -0.2) is 0 Å². The minimum absolute atomic E-state index is 0.0643. The maximum Gasteiger partial charge on any atom is 0.394 e. The minimum atomic E-state index is -4.67. The van der Waals surface area contributed by atoms with Gasteiger partial charge in [-0.1, -0.05) is 63.6 Å². The molecule has 0 saturated carbocycles. The summed E-state index contributed by atoms with van der Waals surface area (Å²) in [5.41, 5.74) is 1.29. The van der Waals surface area contributed by atoms with Crippen molar-refractivity contribution in [3.05, 3.63) is 29.8 Å². The van der Waals surface area contributed by atoms with Crippen LogP contribution in [0.1, 0.15) is 57.4 Å². The molecular formula is C19H34O7S. The van der Waals surface area contributed by atoms with Gasteiger partial charge < -0.3 is 14.6 Å². The molecule has 0 spiro atoms. The largest absolute Gasteiger partial charge is 0.491 e. The zero-order chi connectivity index (χ0) is 20.4. The second-order valence-electron chi connectivity index (χ2n) is 6.11. The van der Waals surface area contributed by atoms with Crippen LogP contribution in [0.25, 0.3) is 0 Å². The molecule has 27 heavy (non-hydrogen) atoms. The van der Waals surface area contributed by atoms with Crippen LogP contribution in [0.4, 0.5) is 0 Å². The maximum atomic E-state index is 8.74. The average molecular weight is 407 g/mol. The van der Waals surface area contributed by atoms with E-state index in [4.69, 9.17) is 32.1 Å². The van der Waals surface area contributed by atoms with Gasteiger partial charge >= 0.3 is 10.4 Å². The molecule has 7 nitrogen and oxygen atoms in total. The number of para-hydroxylation sites is 1. The predicted molar refractivity (Wildman–Crippen MR) is 106 cm³/mol. The smallest absolute Gasteiger partial charge is 0.394 e. The van der Waals surface area contributed by atoms with Crippen LogP contribution >= 0.6 is 0 Å². The monoisotopic (exact) mass is 406 g/mol. The summed E-state index contributed by atoms with van der Waals surface area (Å²) < 4.78 is 42.6. The van der Waals surface area contributed by atoms with Crippen molar-refractivity contribution >= 4 is 10.4 Å². The Bertz CT molecular complexity index is 553. The molecule has 0 aromatic heterocycles. The van der Waals surface area contributed by atoms with Gasteiger partial charge in [0.15, 0.2) is 0 Å². The van der Waals surface area contributed by atoms with E-state index in [2.05, 4.69) is 19.1 Å².